The Balaban J connectivity index is 1.90. The SMILES string of the molecule is CCc1ccc(-c2csc3nc(-c4ccc(C)cc4)c(C=O)n23)cc1. The number of imidazole rings is 1. The van der Waals surface area contributed by atoms with Crippen LogP contribution in [0.5, 0.6) is 0 Å². The van der Waals surface area contributed by atoms with Crippen LogP contribution < -0.4 is 0 Å². The van der Waals surface area contributed by atoms with Crippen LogP contribution in [0, 0.1) is 6.92 Å². The predicted octanol–water partition coefficient (Wildman–Crippen LogP) is 5.41. The van der Waals surface area contributed by atoms with Gasteiger partial charge >= 0.3 is 0 Å². The van der Waals surface area contributed by atoms with Crippen molar-refractivity contribution < 1.29 is 4.79 Å². The lowest BCUT2D eigenvalue weighted by Crippen LogP contribution is -1.94. The molecule has 0 saturated carbocycles. The molecule has 0 atom stereocenters. The Morgan fingerprint density at radius 2 is 1.72 bits per heavy atom. The van der Waals surface area contributed by atoms with E-state index in [1.54, 1.807) is 11.3 Å². The molecule has 0 bridgehead atoms. The fourth-order valence-corrected chi connectivity index (χ4v) is 3.93. The van der Waals surface area contributed by atoms with Crippen LogP contribution in [0.4, 0.5) is 0 Å². The van der Waals surface area contributed by atoms with E-state index >= 15 is 0 Å². The van der Waals surface area contributed by atoms with Gasteiger partial charge in [-0.05, 0) is 24.5 Å². The van der Waals surface area contributed by atoms with Gasteiger partial charge < -0.3 is 0 Å². The van der Waals surface area contributed by atoms with Crippen molar-refractivity contribution in [1.29, 1.82) is 0 Å². The van der Waals surface area contributed by atoms with Gasteiger partial charge in [-0.25, -0.2) is 4.98 Å². The average Bonchev–Trinajstić information content (AvgIpc) is 3.21. The number of nitrogens with zero attached hydrogens (tertiary/aromatic N) is 2. The van der Waals surface area contributed by atoms with Crippen LogP contribution in [-0.2, 0) is 6.42 Å². The summed E-state index contributed by atoms with van der Waals surface area (Å²) < 4.78 is 1.97. The third-order valence-corrected chi connectivity index (χ3v) is 5.32. The monoisotopic (exact) mass is 346 g/mol. The second-order valence-corrected chi connectivity index (χ2v) is 6.96. The fraction of sp³-hybridized carbons (Fsp3) is 0.143. The largest absolute Gasteiger partial charge is 0.296 e. The molecule has 0 aliphatic carbocycles. The van der Waals surface area contributed by atoms with Crippen molar-refractivity contribution in [2.24, 2.45) is 0 Å². The summed E-state index contributed by atoms with van der Waals surface area (Å²) in [6, 6.07) is 16.6. The number of thiazole rings is 1. The van der Waals surface area contributed by atoms with Crippen molar-refractivity contribution in [3.05, 3.63) is 70.7 Å². The van der Waals surface area contributed by atoms with Crippen LogP contribution in [0.2, 0.25) is 0 Å². The Morgan fingerprint density at radius 1 is 1.04 bits per heavy atom. The molecule has 0 saturated heterocycles. The van der Waals surface area contributed by atoms with E-state index in [-0.39, 0.29) is 0 Å². The Bertz CT molecular complexity index is 1040. The molecule has 0 unspecified atom stereocenters. The lowest BCUT2D eigenvalue weighted by molar-refractivity contribution is 0.111. The molecular formula is C21H18N2OS. The molecule has 0 N–H and O–H groups in total. The maximum Gasteiger partial charge on any atom is 0.195 e. The summed E-state index contributed by atoms with van der Waals surface area (Å²) in [4.78, 5) is 17.4. The second kappa shape index (κ2) is 6.30. The summed E-state index contributed by atoms with van der Waals surface area (Å²) in [5.41, 5.74) is 6.92. The first-order valence-electron chi connectivity index (χ1n) is 8.32. The van der Waals surface area contributed by atoms with E-state index in [1.165, 1.54) is 11.1 Å². The highest BCUT2D eigenvalue weighted by atomic mass is 32.1. The Morgan fingerprint density at radius 3 is 2.36 bits per heavy atom. The molecule has 0 radical (unpaired) electrons. The van der Waals surface area contributed by atoms with Gasteiger partial charge in [0.25, 0.3) is 0 Å². The molecule has 0 spiro atoms. The van der Waals surface area contributed by atoms with Gasteiger partial charge in [-0.2, -0.15) is 0 Å². The molecule has 4 rings (SSSR count). The average molecular weight is 346 g/mol. The Kier molecular flexibility index (Phi) is 3.98. The van der Waals surface area contributed by atoms with Crippen molar-refractivity contribution in [3.8, 4) is 22.5 Å². The minimum absolute atomic E-state index is 0.606. The first-order chi connectivity index (χ1) is 12.2. The summed E-state index contributed by atoms with van der Waals surface area (Å²) >= 11 is 1.56. The van der Waals surface area contributed by atoms with Gasteiger partial charge in [0.05, 0.1) is 5.69 Å². The van der Waals surface area contributed by atoms with Crippen LogP contribution >= 0.6 is 11.3 Å². The topological polar surface area (TPSA) is 34.4 Å². The lowest BCUT2D eigenvalue weighted by atomic mass is 10.1. The molecule has 0 amide bonds. The van der Waals surface area contributed by atoms with Crippen molar-refractivity contribution in [2.45, 2.75) is 20.3 Å². The molecule has 4 heteroatoms. The van der Waals surface area contributed by atoms with Crippen LogP contribution in [0.25, 0.3) is 27.5 Å². The highest BCUT2D eigenvalue weighted by Crippen LogP contribution is 2.32. The van der Waals surface area contributed by atoms with Crippen molar-refractivity contribution >= 4 is 22.6 Å². The highest BCUT2D eigenvalue weighted by Gasteiger charge is 2.18. The molecule has 0 aliphatic heterocycles. The lowest BCUT2D eigenvalue weighted by Gasteiger charge is -2.04. The third kappa shape index (κ3) is 2.68. The van der Waals surface area contributed by atoms with E-state index in [0.717, 1.165) is 40.2 Å². The molecule has 2 heterocycles. The summed E-state index contributed by atoms with van der Waals surface area (Å²) in [6.45, 7) is 4.19. The number of aryl methyl sites for hydroxylation is 2. The molecule has 2 aromatic carbocycles. The predicted molar refractivity (Wildman–Crippen MR) is 103 cm³/mol. The van der Waals surface area contributed by atoms with E-state index < -0.39 is 0 Å². The van der Waals surface area contributed by atoms with Gasteiger partial charge in [-0.1, -0.05) is 61.0 Å². The maximum atomic E-state index is 11.9. The second-order valence-electron chi connectivity index (χ2n) is 6.12. The van der Waals surface area contributed by atoms with Gasteiger partial charge in [0.15, 0.2) is 11.2 Å². The number of carbonyl (C=O) groups excluding carboxylic acids is 1. The zero-order valence-corrected chi connectivity index (χ0v) is 15.0. The number of hydrogen-bond donors (Lipinski definition) is 0. The third-order valence-electron chi connectivity index (χ3n) is 4.49. The number of carbonyl (C=O) groups is 1. The molecule has 0 aliphatic rings. The number of fused-ring (bicyclic) bond motifs is 1. The minimum atomic E-state index is 0.606. The Labute approximate surface area is 150 Å². The first-order valence-corrected chi connectivity index (χ1v) is 9.20. The van der Waals surface area contributed by atoms with E-state index in [0.29, 0.717) is 5.69 Å². The molecule has 3 nitrogen and oxygen atoms in total. The van der Waals surface area contributed by atoms with Gasteiger partial charge in [-0.15, -0.1) is 11.3 Å². The normalized spacial score (nSPS) is 11.1. The zero-order valence-electron chi connectivity index (χ0n) is 14.2. The van der Waals surface area contributed by atoms with Crippen LogP contribution in [0.1, 0.15) is 28.5 Å². The van der Waals surface area contributed by atoms with Crippen molar-refractivity contribution in [3.63, 3.8) is 0 Å². The molecule has 25 heavy (non-hydrogen) atoms. The molecule has 2 aromatic heterocycles. The first kappa shape index (κ1) is 15.8. The van der Waals surface area contributed by atoms with E-state index in [2.05, 4.69) is 36.6 Å². The number of aromatic nitrogens is 2. The van der Waals surface area contributed by atoms with Gasteiger partial charge in [-0.3, -0.25) is 9.20 Å². The maximum absolute atomic E-state index is 11.9. The van der Waals surface area contributed by atoms with Gasteiger partial charge in [0.1, 0.15) is 11.4 Å². The van der Waals surface area contributed by atoms with Gasteiger partial charge in [0, 0.05) is 10.9 Å². The van der Waals surface area contributed by atoms with Crippen LogP contribution in [0.3, 0.4) is 0 Å². The quantitative estimate of drug-likeness (QED) is 0.463. The summed E-state index contributed by atoms with van der Waals surface area (Å²) in [7, 11) is 0. The smallest absolute Gasteiger partial charge is 0.195 e. The number of benzene rings is 2. The molecule has 0 fully saturated rings. The minimum Gasteiger partial charge on any atom is -0.296 e. The summed E-state index contributed by atoms with van der Waals surface area (Å²) in [5.74, 6) is 0. The van der Waals surface area contributed by atoms with Crippen molar-refractivity contribution in [2.75, 3.05) is 0 Å². The summed E-state index contributed by atoms with van der Waals surface area (Å²) in [6.07, 6.45) is 1.92. The molecule has 124 valence electrons. The van der Waals surface area contributed by atoms with Crippen molar-refractivity contribution in [1.82, 2.24) is 9.38 Å². The highest BCUT2D eigenvalue weighted by molar-refractivity contribution is 7.15. The van der Waals surface area contributed by atoms with E-state index in [9.17, 15) is 4.79 Å². The number of aldehydes is 1. The standard InChI is InChI=1S/C21H18N2OS/c1-3-15-6-10-16(11-7-15)19-13-25-21-22-20(18(12-24)23(19)21)17-8-4-14(2)5-9-17/h4-13H,3H2,1-2H3. The number of rotatable bonds is 4. The molecule has 4 aromatic rings. The Hall–Kier alpha value is -2.72. The zero-order chi connectivity index (χ0) is 17.4. The summed E-state index contributed by atoms with van der Waals surface area (Å²) in [5, 5.41) is 2.06. The number of hydrogen-bond acceptors (Lipinski definition) is 3. The van der Waals surface area contributed by atoms with E-state index in [4.69, 9.17) is 4.98 Å². The van der Waals surface area contributed by atoms with Gasteiger partial charge in [0.2, 0.25) is 0 Å². The van der Waals surface area contributed by atoms with Crippen LogP contribution in [-0.4, -0.2) is 15.7 Å². The fourth-order valence-electron chi connectivity index (χ4n) is 3.03. The van der Waals surface area contributed by atoms with E-state index in [1.807, 2.05) is 35.6 Å². The molecular weight excluding hydrogens is 328 g/mol. The van der Waals surface area contributed by atoms with Crippen LogP contribution in [0.15, 0.2) is 53.9 Å².